The summed E-state index contributed by atoms with van der Waals surface area (Å²) < 4.78 is 5.76. The van der Waals surface area contributed by atoms with E-state index < -0.39 is 11.2 Å². The van der Waals surface area contributed by atoms with Gasteiger partial charge in [0.25, 0.3) is 0 Å². The van der Waals surface area contributed by atoms with E-state index in [0.29, 0.717) is 17.4 Å². The van der Waals surface area contributed by atoms with Gasteiger partial charge < -0.3 is 15.2 Å². The van der Waals surface area contributed by atoms with E-state index in [4.69, 9.17) is 21.4 Å². The second kappa shape index (κ2) is 9.38. The maximum absolute atomic E-state index is 11.7. The number of carboxylic acid groups (broad SMARTS) is 1. The van der Waals surface area contributed by atoms with Crippen LogP contribution in [-0.2, 0) is 16.2 Å². The molecule has 144 valence electrons. The van der Waals surface area contributed by atoms with E-state index in [0.717, 1.165) is 22.9 Å². The van der Waals surface area contributed by atoms with Gasteiger partial charge in [0.05, 0.1) is 12.6 Å². The van der Waals surface area contributed by atoms with E-state index >= 15 is 0 Å². The van der Waals surface area contributed by atoms with Gasteiger partial charge in [0.1, 0.15) is 17.6 Å². The highest BCUT2D eigenvalue weighted by Gasteiger charge is 2.32. The summed E-state index contributed by atoms with van der Waals surface area (Å²) in [5.74, 6) is -0.744. The highest BCUT2D eigenvalue weighted by molar-refractivity contribution is 8.15. The molecule has 2 aromatic rings. The fourth-order valence-corrected chi connectivity index (χ4v) is 3.50. The molecular formula is C19H16ClN3O4S. The number of nitrogens with one attached hydrogen (secondary N) is 1. The lowest BCUT2D eigenvalue weighted by atomic mass is 10.2. The first-order chi connectivity index (χ1) is 13.5. The Hall–Kier alpha value is -2.84. The Bertz CT molecular complexity index is 948. The summed E-state index contributed by atoms with van der Waals surface area (Å²) in [6.07, 6.45) is 1.27. The van der Waals surface area contributed by atoms with Gasteiger partial charge in [0.2, 0.25) is 5.91 Å². The zero-order chi connectivity index (χ0) is 19.9. The van der Waals surface area contributed by atoms with Crippen LogP contribution in [0, 0.1) is 0 Å². The van der Waals surface area contributed by atoms with Crippen molar-refractivity contribution < 1.29 is 19.4 Å². The number of rotatable bonds is 7. The molecule has 0 radical (unpaired) electrons. The molecule has 3 rings (SSSR count). The Morgan fingerprint density at radius 2 is 2.11 bits per heavy atom. The maximum atomic E-state index is 11.7. The normalized spacial score (nSPS) is 17.8. The van der Waals surface area contributed by atoms with Gasteiger partial charge in [-0.1, -0.05) is 47.6 Å². The van der Waals surface area contributed by atoms with Crippen molar-refractivity contribution in [2.45, 2.75) is 18.3 Å². The first-order valence-electron chi connectivity index (χ1n) is 8.27. The lowest BCUT2D eigenvalue weighted by Crippen LogP contribution is -2.26. The fraction of sp³-hybridized carbons (Fsp3) is 0.158. The number of amidine groups is 1. The van der Waals surface area contributed by atoms with Crippen LogP contribution in [0.5, 0.6) is 5.75 Å². The maximum Gasteiger partial charge on any atom is 0.305 e. The van der Waals surface area contributed by atoms with E-state index in [1.54, 1.807) is 6.07 Å². The summed E-state index contributed by atoms with van der Waals surface area (Å²) in [5.41, 5.74) is 1.73. The van der Waals surface area contributed by atoms with Gasteiger partial charge in [-0.3, -0.25) is 9.59 Å². The number of carbonyl (C=O) groups excluding carboxylic acids is 1. The van der Waals surface area contributed by atoms with Crippen LogP contribution in [0.1, 0.15) is 17.5 Å². The summed E-state index contributed by atoms with van der Waals surface area (Å²) in [7, 11) is 0. The zero-order valence-electron chi connectivity index (χ0n) is 14.5. The number of nitrogens with zero attached hydrogens (tertiary/aromatic N) is 2. The average Bonchev–Trinajstić information content (AvgIpc) is 2.99. The van der Waals surface area contributed by atoms with E-state index in [-0.39, 0.29) is 17.5 Å². The molecule has 1 amide bonds. The molecule has 0 bridgehead atoms. The third-order valence-corrected chi connectivity index (χ3v) is 4.95. The summed E-state index contributed by atoms with van der Waals surface area (Å²) in [5, 5.41) is 19.4. The smallest absolute Gasteiger partial charge is 0.305 e. The second-order valence-electron chi connectivity index (χ2n) is 5.83. The van der Waals surface area contributed by atoms with Gasteiger partial charge in [-0.05, 0) is 35.4 Å². The quantitative estimate of drug-likeness (QED) is 0.531. The number of hydrogen-bond acceptors (Lipinski definition) is 6. The fourth-order valence-electron chi connectivity index (χ4n) is 2.37. The van der Waals surface area contributed by atoms with Crippen LogP contribution in [0.2, 0.25) is 5.02 Å². The molecule has 1 saturated heterocycles. The van der Waals surface area contributed by atoms with Crippen molar-refractivity contribution in [3.8, 4) is 5.75 Å². The Labute approximate surface area is 170 Å². The van der Waals surface area contributed by atoms with Crippen molar-refractivity contribution in [3.05, 3.63) is 64.7 Å². The number of aliphatic carboxylic acids is 1. The molecular weight excluding hydrogens is 402 g/mol. The Morgan fingerprint density at radius 3 is 2.89 bits per heavy atom. The highest BCUT2D eigenvalue weighted by Crippen LogP contribution is 2.22. The first kappa shape index (κ1) is 19.9. The first-order valence-corrected chi connectivity index (χ1v) is 9.53. The number of ether oxygens (including phenoxy) is 1. The minimum atomic E-state index is -1.04. The van der Waals surface area contributed by atoms with Crippen LogP contribution in [0.4, 0.5) is 0 Å². The van der Waals surface area contributed by atoms with Crippen molar-refractivity contribution in [2.24, 2.45) is 10.2 Å². The van der Waals surface area contributed by atoms with Gasteiger partial charge in [0.15, 0.2) is 5.17 Å². The number of halogens is 1. The van der Waals surface area contributed by atoms with Gasteiger partial charge in [0, 0.05) is 5.02 Å². The summed E-state index contributed by atoms with van der Waals surface area (Å²) >= 11 is 7.01. The Balaban J connectivity index is 1.58. The third kappa shape index (κ3) is 5.83. The summed E-state index contributed by atoms with van der Waals surface area (Å²) in [6, 6.07) is 14.7. The van der Waals surface area contributed by atoms with Crippen LogP contribution in [0.3, 0.4) is 0 Å². The molecule has 1 aliphatic heterocycles. The lowest BCUT2D eigenvalue weighted by Gasteiger charge is -2.07. The predicted octanol–water partition coefficient (Wildman–Crippen LogP) is 3.32. The van der Waals surface area contributed by atoms with E-state index in [9.17, 15) is 9.59 Å². The standard InChI is InChI=1S/C19H16ClN3O4S/c20-14-5-1-4-13(7-14)11-27-15-6-2-3-12(8-15)10-21-23-19-22-18(26)16(28-19)9-17(24)25/h1-8,10,16H,9,11H2,(H,24,25)(H,22,23,26). The largest absolute Gasteiger partial charge is 0.489 e. The Kier molecular flexibility index (Phi) is 6.67. The predicted molar refractivity (Wildman–Crippen MR) is 109 cm³/mol. The monoisotopic (exact) mass is 417 g/mol. The van der Waals surface area contributed by atoms with E-state index in [1.807, 2.05) is 42.5 Å². The molecule has 1 unspecified atom stereocenters. The van der Waals surface area contributed by atoms with E-state index in [2.05, 4.69) is 15.5 Å². The molecule has 0 saturated carbocycles. The third-order valence-electron chi connectivity index (χ3n) is 3.64. The summed E-state index contributed by atoms with van der Waals surface area (Å²) in [4.78, 5) is 22.4. The molecule has 2 aromatic carbocycles. The molecule has 0 spiro atoms. The molecule has 2 N–H and O–H groups in total. The highest BCUT2D eigenvalue weighted by atomic mass is 35.5. The number of carbonyl (C=O) groups is 2. The van der Waals surface area contributed by atoms with Crippen LogP contribution in [-0.4, -0.2) is 33.6 Å². The number of amides is 1. The molecule has 1 atom stereocenters. The van der Waals surface area contributed by atoms with Gasteiger partial charge in [-0.2, -0.15) is 5.10 Å². The number of benzene rings is 2. The lowest BCUT2D eigenvalue weighted by molar-refractivity contribution is -0.138. The van der Waals surface area contributed by atoms with Gasteiger partial charge in [-0.15, -0.1) is 5.10 Å². The zero-order valence-corrected chi connectivity index (χ0v) is 16.1. The van der Waals surface area contributed by atoms with Crippen molar-refractivity contribution >= 4 is 46.6 Å². The van der Waals surface area contributed by atoms with Gasteiger partial charge in [-0.25, -0.2) is 0 Å². The molecule has 7 nitrogen and oxygen atoms in total. The van der Waals surface area contributed by atoms with Crippen molar-refractivity contribution in [3.63, 3.8) is 0 Å². The second-order valence-corrected chi connectivity index (χ2v) is 7.46. The summed E-state index contributed by atoms with van der Waals surface area (Å²) in [6.45, 7) is 0.386. The molecule has 1 fully saturated rings. The molecule has 0 aliphatic carbocycles. The molecule has 28 heavy (non-hydrogen) atoms. The average molecular weight is 418 g/mol. The number of hydrogen-bond donors (Lipinski definition) is 2. The Morgan fingerprint density at radius 1 is 1.29 bits per heavy atom. The van der Waals surface area contributed by atoms with Crippen LogP contribution in [0.25, 0.3) is 0 Å². The van der Waals surface area contributed by atoms with Gasteiger partial charge >= 0.3 is 5.97 Å². The number of thioether (sulfide) groups is 1. The SMILES string of the molecule is O=C(O)CC1SC(=NN=Cc2cccc(OCc3cccc(Cl)c3)c2)NC1=O. The number of carboxylic acids is 1. The molecule has 9 heteroatoms. The van der Waals surface area contributed by atoms with Crippen molar-refractivity contribution in [1.82, 2.24) is 5.32 Å². The van der Waals surface area contributed by atoms with Crippen molar-refractivity contribution in [2.75, 3.05) is 0 Å². The minimum Gasteiger partial charge on any atom is -0.489 e. The molecule has 0 aromatic heterocycles. The van der Waals surface area contributed by atoms with Crippen molar-refractivity contribution in [1.29, 1.82) is 0 Å². The molecule has 1 heterocycles. The minimum absolute atomic E-state index is 0.259. The van der Waals surface area contributed by atoms with Crippen LogP contribution < -0.4 is 10.1 Å². The van der Waals surface area contributed by atoms with E-state index in [1.165, 1.54) is 6.21 Å². The molecule has 1 aliphatic rings. The topological polar surface area (TPSA) is 100 Å². The van der Waals surface area contributed by atoms with Crippen LogP contribution >= 0.6 is 23.4 Å². The van der Waals surface area contributed by atoms with Crippen LogP contribution in [0.15, 0.2) is 58.7 Å².